The number of nitrogens with two attached hydrogens (primary N) is 1. The maximum Gasteiger partial charge on any atom is 0.337 e. The van der Waals surface area contributed by atoms with Gasteiger partial charge in [-0.1, -0.05) is 6.07 Å². The van der Waals surface area contributed by atoms with Gasteiger partial charge in [-0.2, -0.15) is 0 Å². The Morgan fingerprint density at radius 1 is 1.43 bits per heavy atom. The SMILES string of the molecule is Nc1cccc(C(=O)O)c1N1CCC1. The van der Waals surface area contributed by atoms with Crippen LogP contribution in [-0.4, -0.2) is 24.2 Å². The Balaban J connectivity index is 2.47. The lowest BCUT2D eigenvalue weighted by Gasteiger charge is -2.34. The molecule has 0 aliphatic carbocycles. The van der Waals surface area contributed by atoms with Gasteiger partial charge in [0.05, 0.1) is 16.9 Å². The second-order valence-corrected chi connectivity index (χ2v) is 3.39. The fourth-order valence-corrected chi connectivity index (χ4v) is 1.63. The van der Waals surface area contributed by atoms with Crippen LogP contribution in [0.2, 0.25) is 0 Å². The molecule has 1 aliphatic rings. The van der Waals surface area contributed by atoms with Gasteiger partial charge >= 0.3 is 5.97 Å². The first-order chi connectivity index (χ1) is 6.70. The first kappa shape index (κ1) is 8.87. The summed E-state index contributed by atoms with van der Waals surface area (Å²) >= 11 is 0. The van der Waals surface area contributed by atoms with Crippen LogP contribution in [0.4, 0.5) is 11.4 Å². The summed E-state index contributed by atoms with van der Waals surface area (Å²) in [6, 6.07) is 4.99. The number of carboxylic acid groups (broad SMARTS) is 1. The largest absolute Gasteiger partial charge is 0.478 e. The Kier molecular flexibility index (Phi) is 2.04. The van der Waals surface area contributed by atoms with Crippen molar-refractivity contribution >= 4 is 17.3 Å². The molecule has 0 atom stereocenters. The van der Waals surface area contributed by atoms with E-state index < -0.39 is 5.97 Å². The summed E-state index contributed by atoms with van der Waals surface area (Å²) in [5.41, 5.74) is 7.28. The van der Waals surface area contributed by atoms with Crippen molar-refractivity contribution in [2.24, 2.45) is 0 Å². The first-order valence-electron chi connectivity index (χ1n) is 4.57. The summed E-state index contributed by atoms with van der Waals surface area (Å²) in [6.07, 6.45) is 1.10. The zero-order valence-electron chi connectivity index (χ0n) is 7.73. The molecule has 1 heterocycles. The minimum absolute atomic E-state index is 0.296. The Bertz CT molecular complexity index is 372. The summed E-state index contributed by atoms with van der Waals surface area (Å²) in [5.74, 6) is -0.917. The van der Waals surface area contributed by atoms with E-state index >= 15 is 0 Å². The topological polar surface area (TPSA) is 66.6 Å². The normalized spacial score (nSPS) is 15.0. The highest BCUT2D eigenvalue weighted by Gasteiger charge is 2.22. The van der Waals surface area contributed by atoms with Gasteiger partial charge in [0.15, 0.2) is 0 Å². The zero-order valence-corrected chi connectivity index (χ0v) is 7.73. The highest BCUT2D eigenvalue weighted by molar-refractivity contribution is 5.98. The van der Waals surface area contributed by atoms with Gasteiger partial charge in [-0.25, -0.2) is 4.79 Å². The van der Waals surface area contributed by atoms with E-state index in [2.05, 4.69) is 0 Å². The Morgan fingerprint density at radius 2 is 2.14 bits per heavy atom. The summed E-state index contributed by atoms with van der Waals surface area (Å²) in [7, 11) is 0. The number of para-hydroxylation sites is 1. The van der Waals surface area contributed by atoms with E-state index in [1.165, 1.54) is 0 Å². The lowest BCUT2D eigenvalue weighted by atomic mass is 10.1. The molecule has 1 aliphatic heterocycles. The van der Waals surface area contributed by atoms with Crippen molar-refractivity contribution in [3.8, 4) is 0 Å². The molecule has 14 heavy (non-hydrogen) atoms. The summed E-state index contributed by atoms with van der Waals surface area (Å²) in [5, 5.41) is 8.98. The van der Waals surface area contributed by atoms with Crippen molar-refractivity contribution in [3.63, 3.8) is 0 Å². The number of nitrogen functional groups attached to an aromatic ring is 1. The minimum atomic E-state index is -0.917. The molecule has 1 fully saturated rings. The molecular formula is C10H12N2O2. The van der Waals surface area contributed by atoms with E-state index in [4.69, 9.17) is 10.8 Å². The molecule has 1 aromatic carbocycles. The molecule has 0 amide bonds. The second kappa shape index (κ2) is 3.21. The third-order valence-corrected chi connectivity index (χ3v) is 2.47. The molecule has 0 radical (unpaired) electrons. The summed E-state index contributed by atoms with van der Waals surface area (Å²) < 4.78 is 0. The summed E-state index contributed by atoms with van der Waals surface area (Å²) in [4.78, 5) is 12.9. The highest BCUT2D eigenvalue weighted by atomic mass is 16.4. The molecule has 1 saturated heterocycles. The van der Waals surface area contributed by atoms with Gasteiger partial charge in [0.25, 0.3) is 0 Å². The molecule has 0 spiro atoms. The van der Waals surface area contributed by atoms with E-state index in [9.17, 15) is 4.79 Å². The van der Waals surface area contributed by atoms with Crippen LogP contribution >= 0.6 is 0 Å². The first-order valence-corrected chi connectivity index (χ1v) is 4.57. The molecular weight excluding hydrogens is 180 g/mol. The Morgan fingerprint density at radius 3 is 2.64 bits per heavy atom. The van der Waals surface area contributed by atoms with Crippen LogP contribution < -0.4 is 10.6 Å². The average molecular weight is 192 g/mol. The molecule has 0 saturated carbocycles. The number of benzene rings is 1. The van der Waals surface area contributed by atoms with Crippen molar-refractivity contribution < 1.29 is 9.90 Å². The van der Waals surface area contributed by atoms with E-state index in [0.29, 0.717) is 16.9 Å². The van der Waals surface area contributed by atoms with Gasteiger partial charge < -0.3 is 15.7 Å². The Hall–Kier alpha value is -1.71. The molecule has 4 nitrogen and oxygen atoms in total. The number of hydrogen-bond acceptors (Lipinski definition) is 3. The van der Waals surface area contributed by atoms with Crippen LogP contribution in [0.25, 0.3) is 0 Å². The molecule has 1 aromatic rings. The van der Waals surface area contributed by atoms with Crippen molar-refractivity contribution in [2.75, 3.05) is 23.7 Å². The smallest absolute Gasteiger partial charge is 0.337 e. The third-order valence-electron chi connectivity index (χ3n) is 2.47. The molecule has 0 bridgehead atoms. The van der Waals surface area contributed by atoms with Crippen molar-refractivity contribution in [1.29, 1.82) is 0 Å². The van der Waals surface area contributed by atoms with Crippen LogP contribution in [0.3, 0.4) is 0 Å². The predicted octanol–water partition coefficient (Wildman–Crippen LogP) is 1.18. The van der Waals surface area contributed by atoms with Crippen LogP contribution in [-0.2, 0) is 0 Å². The van der Waals surface area contributed by atoms with Crippen LogP contribution in [0.5, 0.6) is 0 Å². The number of nitrogens with zero attached hydrogens (tertiary/aromatic N) is 1. The molecule has 0 unspecified atom stereocenters. The molecule has 3 N–H and O–H groups in total. The van der Waals surface area contributed by atoms with Gasteiger partial charge in [0.2, 0.25) is 0 Å². The van der Waals surface area contributed by atoms with Crippen molar-refractivity contribution in [1.82, 2.24) is 0 Å². The van der Waals surface area contributed by atoms with Crippen LogP contribution in [0.15, 0.2) is 18.2 Å². The van der Waals surface area contributed by atoms with Gasteiger partial charge in [0.1, 0.15) is 0 Å². The second-order valence-electron chi connectivity index (χ2n) is 3.39. The standard InChI is InChI=1S/C10H12N2O2/c11-8-4-1-3-7(10(13)14)9(8)12-5-2-6-12/h1,3-4H,2,5-6,11H2,(H,13,14). The molecule has 4 heteroatoms. The zero-order chi connectivity index (χ0) is 10.1. The molecule has 0 aromatic heterocycles. The molecule has 74 valence electrons. The number of aromatic carboxylic acids is 1. The quantitative estimate of drug-likeness (QED) is 0.690. The van der Waals surface area contributed by atoms with Crippen molar-refractivity contribution in [2.45, 2.75) is 6.42 Å². The van der Waals surface area contributed by atoms with Crippen LogP contribution in [0, 0.1) is 0 Å². The number of hydrogen-bond donors (Lipinski definition) is 2. The lowest BCUT2D eigenvalue weighted by molar-refractivity contribution is 0.0697. The fourth-order valence-electron chi connectivity index (χ4n) is 1.63. The fraction of sp³-hybridized carbons (Fsp3) is 0.300. The Labute approximate surface area is 81.9 Å². The summed E-state index contributed by atoms with van der Waals surface area (Å²) in [6.45, 7) is 1.79. The minimum Gasteiger partial charge on any atom is -0.478 e. The van der Waals surface area contributed by atoms with Gasteiger partial charge in [-0.3, -0.25) is 0 Å². The van der Waals surface area contributed by atoms with Crippen molar-refractivity contribution in [3.05, 3.63) is 23.8 Å². The number of anilines is 2. The van der Waals surface area contributed by atoms with E-state index in [0.717, 1.165) is 19.5 Å². The number of rotatable bonds is 2. The molecule has 2 rings (SSSR count). The van der Waals surface area contributed by atoms with Gasteiger partial charge in [-0.15, -0.1) is 0 Å². The van der Waals surface area contributed by atoms with Crippen LogP contribution in [0.1, 0.15) is 16.8 Å². The van der Waals surface area contributed by atoms with Gasteiger partial charge in [-0.05, 0) is 18.6 Å². The number of carbonyl (C=O) groups is 1. The van der Waals surface area contributed by atoms with E-state index in [-0.39, 0.29) is 0 Å². The highest BCUT2D eigenvalue weighted by Crippen LogP contribution is 2.31. The van der Waals surface area contributed by atoms with Gasteiger partial charge in [0, 0.05) is 13.1 Å². The predicted molar refractivity (Wildman–Crippen MR) is 54.6 cm³/mol. The van der Waals surface area contributed by atoms with E-state index in [1.54, 1.807) is 18.2 Å². The third kappa shape index (κ3) is 1.28. The maximum atomic E-state index is 10.9. The number of carboxylic acids is 1. The van der Waals surface area contributed by atoms with E-state index in [1.807, 2.05) is 4.90 Å². The maximum absolute atomic E-state index is 10.9. The lowest BCUT2D eigenvalue weighted by Crippen LogP contribution is -2.38. The monoisotopic (exact) mass is 192 g/mol. The average Bonchev–Trinajstić information content (AvgIpc) is 2.04.